The molecule has 3 nitrogen and oxygen atoms in total. The minimum atomic E-state index is -4.34. The first-order valence-corrected chi connectivity index (χ1v) is 5.60. The minimum absolute atomic E-state index is 0.394. The number of carbonyl (C=O) groups is 1. The van der Waals surface area contributed by atoms with Gasteiger partial charge in [-0.15, -0.1) is 0 Å². The average molecular weight is 278 g/mol. The van der Waals surface area contributed by atoms with Crippen molar-refractivity contribution >= 4 is 5.91 Å². The van der Waals surface area contributed by atoms with Gasteiger partial charge >= 0.3 is 6.18 Å². The summed E-state index contributed by atoms with van der Waals surface area (Å²) >= 11 is 0. The number of hydrogen-bond donors (Lipinski definition) is 2. The van der Waals surface area contributed by atoms with Gasteiger partial charge in [-0.2, -0.15) is 13.2 Å². The predicted molar refractivity (Wildman–Crippen MR) is 61.9 cm³/mol. The highest BCUT2D eigenvalue weighted by atomic mass is 19.4. The third-order valence-electron chi connectivity index (χ3n) is 2.36. The van der Waals surface area contributed by atoms with Gasteiger partial charge in [-0.25, -0.2) is 4.39 Å². The number of benzene rings is 1. The first-order valence-electron chi connectivity index (χ1n) is 5.60. The van der Waals surface area contributed by atoms with Crippen LogP contribution in [-0.4, -0.2) is 25.2 Å². The van der Waals surface area contributed by atoms with E-state index in [1.54, 1.807) is 6.92 Å². The summed E-state index contributed by atoms with van der Waals surface area (Å²) in [6.45, 7) is 0.0191. The highest BCUT2D eigenvalue weighted by Gasteiger charge is 2.26. The van der Waals surface area contributed by atoms with E-state index >= 15 is 0 Å². The third-order valence-corrected chi connectivity index (χ3v) is 2.36. The van der Waals surface area contributed by atoms with Crippen LogP contribution in [0.3, 0.4) is 0 Å². The highest BCUT2D eigenvalue weighted by molar-refractivity contribution is 5.78. The molecule has 1 atom stereocenters. The number of amides is 1. The maximum Gasteiger partial charge on any atom is 0.401 e. The van der Waals surface area contributed by atoms with Crippen LogP contribution in [0.2, 0.25) is 0 Å². The molecule has 0 aliphatic heterocycles. The highest BCUT2D eigenvalue weighted by Crippen LogP contribution is 2.13. The monoisotopic (exact) mass is 278 g/mol. The first-order chi connectivity index (χ1) is 8.78. The Kier molecular flexibility index (Phi) is 5.29. The van der Waals surface area contributed by atoms with Gasteiger partial charge in [-0.3, -0.25) is 4.79 Å². The summed E-state index contributed by atoms with van der Waals surface area (Å²) in [6, 6.07) is 5.10. The van der Waals surface area contributed by atoms with Gasteiger partial charge < -0.3 is 10.6 Å². The smallest absolute Gasteiger partial charge is 0.348 e. The van der Waals surface area contributed by atoms with Gasteiger partial charge in [-0.1, -0.05) is 12.1 Å². The Balaban J connectivity index is 2.38. The molecule has 1 amide bonds. The number of alkyl halides is 3. The molecule has 0 fully saturated rings. The second-order valence-electron chi connectivity index (χ2n) is 4.06. The molecule has 1 aromatic rings. The van der Waals surface area contributed by atoms with Crippen LogP contribution in [0.1, 0.15) is 18.5 Å². The lowest BCUT2D eigenvalue weighted by Gasteiger charge is -2.15. The van der Waals surface area contributed by atoms with E-state index in [2.05, 4.69) is 5.32 Å². The van der Waals surface area contributed by atoms with Crippen LogP contribution in [0, 0.1) is 5.82 Å². The quantitative estimate of drug-likeness (QED) is 0.810. The maximum atomic E-state index is 12.7. The summed E-state index contributed by atoms with van der Waals surface area (Å²) < 4.78 is 48.2. The van der Waals surface area contributed by atoms with E-state index in [1.165, 1.54) is 24.3 Å². The topological polar surface area (TPSA) is 41.1 Å². The van der Waals surface area contributed by atoms with Crippen LogP contribution >= 0.6 is 0 Å². The molecule has 1 rings (SSSR count). The number of rotatable bonds is 5. The fraction of sp³-hybridized carbons (Fsp3) is 0.417. The molecule has 0 spiro atoms. The lowest BCUT2D eigenvalue weighted by Crippen LogP contribution is -2.39. The van der Waals surface area contributed by atoms with Gasteiger partial charge in [0.05, 0.1) is 19.1 Å². The average Bonchev–Trinajstić information content (AvgIpc) is 2.27. The van der Waals surface area contributed by atoms with Crippen molar-refractivity contribution in [2.45, 2.75) is 19.1 Å². The zero-order chi connectivity index (χ0) is 14.5. The number of halogens is 4. The fourth-order valence-corrected chi connectivity index (χ4v) is 1.45. The van der Waals surface area contributed by atoms with Crippen LogP contribution < -0.4 is 10.6 Å². The van der Waals surface area contributed by atoms with E-state index in [-0.39, 0.29) is 0 Å². The Bertz CT molecular complexity index is 417. The van der Waals surface area contributed by atoms with Crippen molar-refractivity contribution in [2.75, 3.05) is 13.1 Å². The van der Waals surface area contributed by atoms with Crippen molar-refractivity contribution in [2.24, 2.45) is 0 Å². The zero-order valence-electron chi connectivity index (χ0n) is 10.2. The Morgan fingerprint density at radius 1 is 1.26 bits per heavy atom. The molecule has 0 saturated carbocycles. The molecular weight excluding hydrogens is 264 g/mol. The van der Waals surface area contributed by atoms with Gasteiger partial charge in [0.1, 0.15) is 5.82 Å². The second kappa shape index (κ2) is 6.51. The molecule has 0 heterocycles. The van der Waals surface area contributed by atoms with E-state index < -0.39 is 37.0 Å². The van der Waals surface area contributed by atoms with Gasteiger partial charge in [0.2, 0.25) is 5.91 Å². The Labute approximate surface area is 108 Å². The van der Waals surface area contributed by atoms with Crippen LogP contribution in [0.25, 0.3) is 0 Å². The second-order valence-corrected chi connectivity index (χ2v) is 4.06. The summed E-state index contributed by atoms with van der Waals surface area (Å²) in [4.78, 5) is 11.4. The molecule has 7 heteroatoms. The Morgan fingerprint density at radius 2 is 1.84 bits per heavy atom. The molecule has 2 N–H and O–H groups in total. The van der Waals surface area contributed by atoms with Crippen molar-refractivity contribution in [3.05, 3.63) is 35.6 Å². The summed E-state index contributed by atoms with van der Waals surface area (Å²) in [7, 11) is 0. The molecule has 1 aromatic carbocycles. The number of hydrogen-bond acceptors (Lipinski definition) is 2. The van der Waals surface area contributed by atoms with E-state index in [9.17, 15) is 22.4 Å². The zero-order valence-corrected chi connectivity index (χ0v) is 10.2. The molecule has 0 aliphatic carbocycles. The van der Waals surface area contributed by atoms with Crippen LogP contribution in [0.5, 0.6) is 0 Å². The predicted octanol–water partition coefficient (Wildman–Crippen LogP) is 2.15. The van der Waals surface area contributed by atoms with Gasteiger partial charge in [0.15, 0.2) is 0 Å². The molecule has 0 aliphatic rings. The Morgan fingerprint density at radius 3 is 2.37 bits per heavy atom. The van der Waals surface area contributed by atoms with E-state index in [1.807, 2.05) is 5.32 Å². The standard InChI is InChI=1S/C12H14F4N2O/c1-8(9-2-4-10(13)5-3-9)18-11(19)6-17-7-12(14,15)16/h2-5,8,17H,6-7H2,1H3,(H,18,19). The minimum Gasteiger partial charge on any atom is -0.348 e. The van der Waals surface area contributed by atoms with Gasteiger partial charge in [-0.05, 0) is 24.6 Å². The maximum absolute atomic E-state index is 12.7. The molecule has 1 unspecified atom stereocenters. The molecule has 0 aromatic heterocycles. The summed E-state index contributed by atoms with van der Waals surface area (Å²) in [5, 5.41) is 4.50. The van der Waals surface area contributed by atoms with Crippen molar-refractivity contribution < 1.29 is 22.4 Å². The molecule has 0 radical (unpaired) electrons. The van der Waals surface area contributed by atoms with E-state index in [0.29, 0.717) is 5.56 Å². The Hall–Kier alpha value is -1.63. The van der Waals surface area contributed by atoms with Gasteiger partial charge in [0.25, 0.3) is 0 Å². The van der Waals surface area contributed by atoms with Crippen molar-refractivity contribution in [1.82, 2.24) is 10.6 Å². The van der Waals surface area contributed by atoms with Crippen LogP contribution in [-0.2, 0) is 4.79 Å². The molecule has 0 saturated heterocycles. The summed E-state index contributed by atoms with van der Waals surface area (Å²) in [5.41, 5.74) is 0.672. The van der Waals surface area contributed by atoms with Crippen molar-refractivity contribution in [3.63, 3.8) is 0 Å². The van der Waals surface area contributed by atoms with Crippen LogP contribution in [0.4, 0.5) is 17.6 Å². The normalized spacial score (nSPS) is 13.1. The number of nitrogens with one attached hydrogen (secondary N) is 2. The first kappa shape index (κ1) is 15.4. The van der Waals surface area contributed by atoms with Crippen molar-refractivity contribution in [3.8, 4) is 0 Å². The fourth-order valence-electron chi connectivity index (χ4n) is 1.45. The van der Waals surface area contributed by atoms with E-state index in [4.69, 9.17) is 0 Å². The lowest BCUT2D eigenvalue weighted by atomic mass is 10.1. The number of carbonyl (C=O) groups excluding carboxylic acids is 1. The third kappa shape index (κ3) is 6.19. The lowest BCUT2D eigenvalue weighted by molar-refractivity contribution is -0.128. The molecule has 19 heavy (non-hydrogen) atoms. The van der Waals surface area contributed by atoms with Crippen LogP contribution in [0.15, 0.2) is 24.3 Å². The molecule has 0 bridgehead atoms. The largest absolute Gasteiger partial charge is 0.401 e. The SMILES string of the molecule is CC(NC(=O)CNCC(F)(F)F)c1ccc(F)cc1. The van der Waals surface area contributed by atoms with Gasteiger partial charge in [0, 0.05) is 0 Å². The molecule has 106 valence electrons. The summed E-state index contributed by atoms with van der Waals surface area (Å²) in [5.74, 6) is -0.949. The van der Waals surface area contributed by atoms with E-state index in [0.717, 1.165) is 0 Å². The summed E-state index contributed by atoms with van der Waals surface area (Å²) in [6.07, 6.45) is -4.34. The molecular formula is C12H14F4N2O. The van der Waals surface area contributed by atoms with Crippen molar-refractivity contribution in [1.29, 1.82) is 0 Å².